The number of benzene rings is 1. The molecule has 2 rings (SSSR count). The molecule has 0 bridgehead atoms. The molecule has 0 spiro atoms. The molecule has 3 N–H and O–H groups in total. The predicted octanol–water partition coefficient (Wildman–Crippen LogP) is 4.54. The van der Waals surface area contributed by atoms with Gasteiger partial charge in [0.25, 0.3) is 5.91 Å². The van der Waals surface area contributed by atoms with Gasteiger partial charge in [0.2, 0.25) is 0 Å². The molecule has 0 aliphatic heterocycles. The molecule has 6 nitrogen and oxygen atoms in total. The number of amides is 2. The van der Waals surface area contributed by atoms with Crippen molar-refractivity contribution in [3.63, 3.8) is 0 Å². The van der Waals surface area contributed by atoms with E-state index < -0.39 is 11.7 Å². The summed E-state index contributed by atoms with van der Waals surface area (Å²) in [6, 6.07) is 8.48. The lowest BCUT2D eigenvalue weighted by Crippen LogP contribution is -2.29. The first-order chi connectivity index (χ1) is 12.1. The molecule has 1 aromatic heterocycles. The number of nitrogens with one attached hydrogen (secondary N) is 2. The number of hydrogen-bond acceptors (Lipinski definition) is 5. The molecular formula is C18H21BrN2O4S. The third kappa shape index (κ3) is 6.34. The first kappa shape index (κ1) is 20.3. The van der Waals surface area contributed by atoms with Crippen molar-refractivity contribution in [3.8, 4) is 5.75 Å². The zero-order valence-electron chi connectivity index (χ0n) is 14.8. The smallest absolute Gasteiger partial charge is 0.412 e. The van der Waals surface area contributed by atoms with Crippen molar-refractivity contribution in [1.82, 2.24) is 5.32 Å². The average molecular weight is 441 g/mol. The molecule has 140 valence electrons. The van der Waals surface area contributed by atoms with E-state index in [0.29, 0.717) is 23.5 Å². The molecule has 0 aliphatic rings. The Kier molecular flexibility index (Phi) is 6.66. The Morgan fingerprint density at radius 1 is 1.23 bits per heavy atom. The Morgan fingerprint density at radius 2 is 1.88 bits per heavy atom. The number of ether oxygens (including phenoxy) is 1. The third-order valence-corrected chi connectivity index (χ3v) is 4.75. The van der Waals surface area contributed by atoms with Gasteiger partial charge in [-0.2, -0.15) is 0 Å². The first-order valence-corrected chi connectivity index (χ1v) is 9.60. The minimum Gasteiger partial charge on any atom is -0.508 e. The van der Waals surface area contributed by atoms with Crippen LogP contribution in [0.15, 0.2) is 34.1 Å². The lowest BCUT2D eigenvalue weighted by Gasteiger charge is -2.19. The highest BCUT2D eigenvalue weighted by atomic mass is 79.9. The van der Waals surface area contributed by atoms with Crippen LogP contribution in [0.25, 0.3) is 0 Å². The average Bonchev–Trinajstić information content (AvgIpc) is 2.87. The molecule has 1 aromatic carbocycles. The second kappa shape index (κ2) is 8.55. The Bertz CT molecular complexity index is 781. The van der Waals surface area contributed by atoms with Crippen molar-refractivity contribution in [3.05, 3.63) is 45.2 Å². The molecule has 8 heteroatoms. The van der Waals surface area contributed by atoms with Crippen LogP contribution < -0.4 is 10.6 Å². The van der Waals surface area contributed by atoms with Gasteiger partial charge in [-0.3, -0.25) is 10.1 Å². The summed E-state index contributed by atoms with van der Waals surface area (Å²) in [5.41, 5.74) is 0.755. The number of anilines is 1. The van der Waals surface area contributed by atoms with Gasteiger partial charge < -0.3 is 15.2 Å². The fraction of sp³-hybridized carbons (Fsp3) is 0.333. The summed E-state index contributed by atoms with van der Waals surface area (Å²) in [7, 11) is 0. The Morgan fingerprint density at radius 3 is 2.50 bits per heavy atom. The van der Waals surface area contributed by atoms with Gasteiger partial charge in [-0.15, -0.1) is 11.3 Å². The summed E-state index contributed by atoms with van der Waals surface area (Å²) in [5.74, 6) is -0.0736. The van der Waals surface area contributed by atoms with Crippen LogP contribution in [-0.2, 0) is 11.2 Å². The lowest BCUT2D eigenvalue weighted by molar-refractivity contribution is 0.0636. The van der Waals surface area contributed by atoms with E-state index in [0.717, 1.165) is 9.35 Å². The van der Waals surface area contributed by atoms with Crippen LogP contribution in [0.4, 0.5) is 9.80 Å². The normalized spacial score (nSPS) is 11.1. The topological polar surface area (TPSA) is 87.7 Å². The van der Waals surface area contributed by atoms with Crippen LogP contribution in [0.1, 0.15) is 36.7 Å². The molecule has 2 amide bonds. The quantitative estimate of drug-likeness (QED) is 0.636. The fourth-order valence-corrected chi connectivity index (χ4v) is 3.58. The molecule has 0 atom stereocenters. The third-order valence-electron chi connectivity index (χ3n) is 3.20. The molecule has 26 heavy (non-hydrogen) atoms. The summed E-state index contributed by atoms with van der Waals surface area (Å²) in [6.45, 7) is 5.75. The highest BCUT2D eigenvalue weighted by Gasteiger charge is 2.21. The molecule has 0 saturated carbocycles. The second-order valence-electron chi connectivity index (χ2n) is 6.59. The van der Waals surface area contributed by atoms with Gasteiger partial charge in [0.15, 0.2) is 0 Å². The summed E-state index contributed by atoms with van der Waals surface area (Å²) in [5, 5.41) is 15.2. The molecule has 0 unspecified atom stereocenters. The van der Waals surface area contributed by atoms with E-state index in [-0.39, 0.29) is 11.7 Å². The van der Waals surface area contributed by atoms with Gasteiger partial charge >= 0.3 is 6.09 Å². The van der Waals surface area contributed by atoms with E-state index in [2.05, 4.69) is 26.6 Å². The molecular weight excluding hydrogens is 420 g/mol. The summed E-state index contributed by atoms with van der Waals surface area (Å²) in [6.07, 6.45) is 0.0246. The number of carbonyl (C=O) groups excluding carboxylic acids is 2. The summed E-state index contributed by atoms with van der Waals surface area (Å²) >= 11 is 4.58. The number of phenolic OH excluding ortho intramolecular Hbond substituents is 1. The molecule has 0 saturated heterocycles. The van der Waals surface area contributed by atoms with E-state index in [1.807, 2.05) is 0 Å². The lowest BCUT2D eigenvalue weighted by atomic mass is 10.1. The van der Waals surface area contributed by atoms with Crippen LogP contribution in [0.5, 0.6) is 5.75 Å². The standard InChI is InChI=1S/C18H21BrN2O4S/c1-18(2,3)25-17(24)21-16-13(10-14(19)26-16)15(23)20-9-8-11-4-6-12(22)7-5-11/h4-7,10,22H,8-9H2,1-3H3,(H,20,23)(H,21,24). The molecule has 0 aliphatic carbocycles. The number of carbonyl (C=O) groups is 2. The Hall–Kier alpha value is -2.06. The van der Waals surface area contributed by atoms with Gasteiger partial charge in [0, 0.05) is 6.54 Å². The number of thiophene rings is 1. The highest BCUT2D eigenvalue weighted by Crippen LogP contribution is 2.32. The van der Waals surface area contributed by atoms with Crippen LogP contribution >= 0.6 is 27.3 Å². The van der Waals surface area contributed by atoms with Crippen molar-refractivity contribution in [2.75, 3.05) is 11.9 Å². The van der Waals surface area contributed by atoms with E-state index in [1.54, 1.807) is 51.1 Å². The van der Waals surface area contributed by atoms with Crippen molar-refractivity contribution >= 4 is 44.3 Å². The minimum absolute atomic E-state index is 0.207. The Labute approximate surface area is 164 Å². The second-order valence-corrected chi connectivity index (χ2v) is 9.02. The maximum atomic E-state index is 12.4. The Balaban J connectivity index is 1.95. The summed E-state index contributed by atoms with van der Waals surface area (Å²) < 4.78 is 5.95. The maximum absolute atomic E-state index is 12.4. The van der Waals surface area contributed by atoms with Crippen molar-refractivity contribution in [2.24, 2.45) is 0 Å². The number of phenols is 1. The molecule has 2 aromatic rings. The highest BCUT2D eigenvalue weighted by molar-refractivity contribution is 9.11. The van der Waals surface area contributed by atoms with E-state index >= 15 is 0 Å². The van der Waals surface area contributed by atoms with E-state index in [4.69, 9.17) is 4.74 Å². The van der Waals surface area contributed by atoms with Crippen LogP contribution in [0.2, 0.25) is 0 Å². The van der Waals surface area contributed by atoms with Gasteiger partial charge in [-0.1, -0.05) is 12.1 Å². The van der Waals surface area contributed by atoms with Gasteiger partial charge in [-0.25, -0.2) is 4.79 Å². The van der Waals surface area contributed by atoms with Gasteiger partial charge in [0.05, 0.1) is 9.35 Å². The molecule has 1 heterocycles. The zero-order chi connectivity index (χ0) is 19.3. The SMILES string of the molecule is CC(C)(C)OC(=O)Nc1sc(Br)cc1C(=O)NCCc1ccc(O)cc1. The van der Waals surface area contributed by atoms with E-state index in [1.165, 1.54) is 11.3 Å². The van der Waals surface area contributed by atoms with Gasteiger partial charge in [-0.05, 0) is 66.9 Å². The van der Waals surface area contributed by atoms with Crippen LogP contribution in [-0.4, -0.2) is 29.3 Å². The monoisotopic (exact) mass is 440 g/mol. The molecule has 0 fully saturated rings. The minimum atomic E-state index is -0.620. The largest absolute Gasteiger partial charge is 0.508 e. The van der Waals surface area contributed by atoms with E-state index in [9.17, 15) is 14.7 Å². The van der Waals surface area contributed by atoms with Crippen molar-refractivity contribution < 1.29 is 19.4 Å². The van der Waals surface area contributed by atoms with Crippen molar-refractivity contribution in [1.29, 1.82) is 0 Å². The zero-order valence-corrected chi connectivity index (χ0v) is 17.2. The maximum Gasteiger partial charge on any atom is 0.412 e. The van der Waals surface area contributed by atoms with Crippen LogP contribution in [0.3, 0.4) is 0 Å². The fourth-order valence-electron chi connectivity index (χ4n) is 2.10. The van der Waals surface area contributed by atoms with Gasteiger partial charge in [0.1, 0.15) is 16.4 Å². The number of halogens is 1. The predicted molar refractivity (Wildman–Crippen MR) is 106 cm³/mol. The number of rotatable bonds is 5. The number of aromatic hydroxyl groups is 1. The van der Waals surface area contributed by atoms with Crippen LogP contribution in [0, 0.1) is 0 Å². The van der Waals surface area contributed by atoms with Crippen molar-refractivity contribution in [2.45, 2.75) is 32.8 Å². The number of hydrogen-bond donors (Lipinski definition) is 3. The molecule has 0 radical (unpaired) electrons. The summed E-state index contributed by atoms with van der Waals surface area (Å²) in [4.78, 5) is 24.4. The first-order valence-electron chi connectivity index (χ1n) is 7.99.